The van der Waals surface area contributed by atoms with Crippen molar-refractivity contribution in [2.24, 2.45) is 16.2 Å². The zero-order valence-corrected chi connectivity index (χ0v) is 17.6. The molecule has 1 N–H and O–H groups in total. The van der Waals surface area contributed by atoms with Gasteiger partial charge in [-0.25, -0.2) is 0 Å². The molecule has 1 aliphatic carbocycles. The highest BCUT2D eigenvalue weighted by molar-refractivity contribution is 6.04. The molecule has 3 aliphatic rings. The molecule has 0 spiro atoms. The number of nitrogens with zero attached hydrogens (tertiary/aromatic N) is 3. The molecule has 29 heavy (non-hydrogen) atoms. The average molecular weight is 395 g/mol. The smallest absolute Gasteiger partial charge is 0.273 e. The molecule has 6 nitrogen and oxygen atoms in total. The van der Waals surface area contributed by atoms with Crippen LogP contribution in [0.2, 0.25) is 0 Å². The van der Waals surface area contributed by atoms with Crippen molar-refractivity contribution in [1.82, 2.24) is 19.8 Å². The summed E-state index contributed by atoms with van der Waals surface area (Å²) in [5.41, 5.74) is 1.22. The van der Waals surface area contributed by atoms with E-state index in [9.17, 15) is 9.59 Å². The van der Waals surface area contributed by atoms with Crippen molar-refractivity contribution in [3.05, 3.63) is 30.2 Å². The van der Waals surface area contributed by atoms with E-state index < -0.39 is 0 Å². The van der Waals surface area contributed by atoms with Crippen LogP contribution in [0.25, 0.3) is 10.9 Å². The quantitative estimate of drug-likeness (QED) is 0.863. The minimum absolute atomic E-state index is 0.00503. The van der Waals surface area contributed by atoms with E-state index in [4.69, 9.17) is 0 Å². The summed E-state index contributed by atoms with van der Waals surface area (Å²) >= 11 is 0. The molecule has 0 bridgehead atoms. The summed E-state index contributed by atoms with van der Waals surface area (Å²) in [6.07, 6.45) is 7.69. The summed E-state index contributed by atoms with van der Waals surface area (Å²) in [5.74, 6) is 0.349. The van der Waals surface area contributed by atoms with E-state index in [-0.39, 0.29) is 22.2 Å². The van der Waals surface area contributed by atoms with E-state index in [2.05, 4.69) is 35.6 Å². The van der Waals surface area contributed by atoms with Crippen LogP contribution in [0.15, 0.2) is 24.5 Å². The standard InChI is InChI=1S/C23H30N4O2/c1-4-7-23(8-9-23)20(29)27-14-21(2)12-26(13-22(21,3)15-27)19(28)18-16-5-10-24-17(16)6-11-25-18/h5-6,10-11,24H,4,7-9,12-15H2,1-3H3/t21-,22+. The second-order valence-corrected chi connectivity index (χ2v) is 10.1. The first kappa shape index (κ1) is 18.6. The first-order valence-electron chi connectivity index (χ1n) is 10.8. The molecular weight excluding hydrogens is 364 g/mol. The lowest BCUT2D eigenvalue weighted by Crippen LogP contribution is -2.41. The molecular formula is C23H30N4O2. The van der Waals surface area contributed by atoms with Gasteiger partial charge < -0.3 is 14.8 Å². The fraction of sp³-hybridized carbons (Fsp3) is 0.609. The van der Waals surface area contributed by atoms with Crippen LogP contribution in [0, 0.1) is 16.2 Å². The predicted octanol–water partition coefficient (Wildman–Crippen LogP) is 3.45. The van der Waals surface area contributed by atoms with Crippen LogP contribution in [0.4, 0.5) is 0 Å². The zero-order chi connectivity index (χ0) is 20.4. The average Bonchev–Trinajstić information content (AvgIpc) is 3.10. The van der Waals surface area contributed by atoms with Gasteiger partial charge in [-0.3, -0.25) is 14.6 Å². The molecule has 3 fully saturated rings. The summed E-state index contributed by atoms with van der Waals surface area (Å²) < 4.78 is 0. The van der Waals surface area contributed by atoms with Gasteiger partial charge in [0.25, 0.3) is 5.91 Å². The molecule has 6 heteroatoms. The molecule has 4 heterocycles. The SMILES string of the molecule is CCCC1(C(=O)N2C[C@]3(C)CN(C(=O)c4nccc5[nH]ccc45)C[C@]3(C)C2)CC1. The summed E-state index contributed by atoms with van der Waals surface area (Å²) in [6.45, 7) is 9.51. The topological polar surface area (TPSA) is 69.3 Å². The Labute approximate surface area is 171 Å². The largest absolute Gasteiger partial charge is 0.361 e. The number of carbonyl (C=O) groups is 2. The Balaban J connectivity index is 1.36. The van der Waals surface area contributed by atoms with E-state index in [0.717, 1.165) is 49.7 Å². The van der Waals surface area contributed by atoms with E-state index in [1.165, 1.54) is 0 Å². The van der Waals surface area contributed by atoms with Crippen LogP contribution in [0.3, 0.4) is 0 Å². The van der Waals surface area contributed by atoms with Gasteiger partial charge in [0.2, 0.25) is 5.91 Å². The highest BCUT2D eigenvalue weighted by atomic mass is 16.2. The van der Waals surface area contributed by atoms with Gasteiger partial charge >= 0.3 is 0 Å². The summed E-state index contributed by atoms with van der Waals surface area (Å²) in [7, 11) is 0. The summed E-state index contributed by atoms with van der Waals surface area (Å²) in [6, 6.07) is 3.81. The Morgan fingerprint density at radius 1 is 1.07 bits per heavy atom. The number of carbonyl (C=O) groups excluding carboxylic acids is 2. The monoisotopic (exact) mass is 394 g/mol. The number of fused-ring (bicyclic) bond motifs is 2. The van der Waals surface area contributed by atoms with Crippen molar-refractivity contribution in [1.29, 1.82) is 0 Å². The van der Waals surface area contributed by atoms with Crippen LogP contribution >= 0.6 is 0 Å². The molecule has 1 saturated carbocycles. The minimum Gasteiger partial charge on any atom is -0.361 e. The van der Waals surface area contributed by atoms with Gasteiger partial charge in [0, 0.05) is 65.7 Å². The number of amides is 2. The summed E-state index contributed by atoms with van der Waals surface area (Å²) in [4.78, 5) is 38.1. The third-order valence-electron chi connectivity index (χ3n) is 7.91. The minimum atomic E-state index is -0.0799. The lowest BCUT2D eigenvalue weighted by molar-refractivity contribution is -0.137. The Bertz CT molecular complexity index is 974. The van der Waals surface area contributed by atoms with Crippen LogP contribution in [-0.4, -0.2) is 57.8 Å². The Hall–Kier alpha value is -2.37. The third kappa shape index (κ3) is 2.64. The van der Waals surface area contributed by atoms with Gasteiger partial charge in [-0.2, -0.15) is 0 Å². The van der Waals surface area contributed by atoms with E-state index in [1.807, 2.05) is 23.2 Å². The molecule has 0 aromatic carbocycles. The molecule has 2 atom stereocenters. The summed E-state index contributed by atoms with van der Waals surface area (Å²) in [5, 5.41) is 0.872. The normalized spacial score (nSPS) is 30.0. The molecule has 0 unspecified atom stereocenters. The fourth-order valence-corrected chi connectivity index (χ4v) is 5.79. The Kier molecular flexibility index (Phi) is 3.90. The van der Waals surface area contributed by atoms with Crippen LogP contribution in [0.1, 0.15) is 56.9 Å². The first-order chi connectivity index (χ1) is 13.8. The van der Waals surface area contributed by atoms with Crippen molar-refractivity contribution in [2.45, 2.75) is 46.5 Å². The molecule has 2 aliphatic heterocycles. The number of pyridine rings is 1. The number of rotatable bonds is 4. The maximum absolute atomic E-state index is 13.3. The molecule has 5 rings (SSSR count). The molecule has 2 amide bonds. The molecule has 0 radical (unpaired) electrons. The van der Waals surface area contributed by atoms with Crippen LogP contribution in [-0.2, 0) is 4.79 Å². The number of hydrogen-bond donors (Lipinski definition) is 1. The first-order valence-corrected chi connectivity index (χ1v) is 10.8. The maximum Gasteiger partial charge on any atom is 0.273 e. The van der Waals surface area contributed by atoms with Crippen LogP contribution in [0.5, 0.6) is 0 Å². The van der Waals surface area contributed by atoms with E-state index in [0.29, 0.717) is 24.7 Å². The number of H-pyrrole nitrogens is 1. The second-order valence-electron chi connectivity index (χ2n) is 10.1. The van der Waals surface area contributed by atoms with Crippen molar-refractivity contribution in [3.63, 3.8) is 0 Å². The lowest BCUT2D eigenvalue weighted by Gasteiger charge is -2.29. The van der Waals surface area contributed by atoms with Gasteiger partial charge in [0.15, 0.2) is 0 Å². The van der Waals surface area contributed by atoms with E-state index >= 15 is 0 Å². The predicted molar refractivity (Wildman–Crippen MR) is 111 cm³/mol. The maximum atomic E-state index is 13.3. The second kappa shape index (κ2) is 6.07. The Morgan fingerprint density at radius 2 is 1.72 bits per heavy atom. The number of aromatic nitrogens is 2. The number of hydrogen-bond acceptors (Lipinski definition) is 3. The van der Waals surface area contributed by atoms with E-state index in [1.54, 1.807) is 6.20 Å². The number of aromatic amines is 1. The molecule has 2 aromatic rings. The van der Waals surface area contributed by atoms with Crippen LogP contribution < -0.4 is 0 Å². The van der Waals surface area contributed by atoms with Gasteiger partial charge in [0.1, 0.15) is 5.69 Å². The number of nitrogens with one attached hydrogen (secondary N) is 1. The third-order valence-corrected chi connectivity index (χ3v) is 7.91. The van der Waals surface area contributed by atoms with Gasteiger partial charge in [-0.15, -0.1) is 0 Å². The molecule has 154 valence electrons. The fourth-order valence-electron chi connectivity index (χ4n) is 5.79. The van der Waals surface area contributed by atoms with Crippen molar-refractivity contribution >= 4 is 22.7 Å². The van der Waals surface area contributed by atoms with Gasteiger partial charge in [-0.1, -0.05) is 27.2 Å². The van der Waals surface area contributed by atoms with Gasteiger partial charge in [0.05, 0.1) is 0 Å². The lowest BCUT2D eigenvalue weighted by atomic mass is 9.71. The zero-order valence-electron chi connectivity index (χ0n) is 17.6. The van der Waals surface area contributed by atoms with Crippen molar-refractivity contribution in [2.75, 3.05) is 26.2 Å². The highest BCUT2D eigenvalue weighted by Crippen LogP contribution is 2.56. The van der Waals surface area contributed by atoms with Crippen molar-refractivity contribution in [3.8, 4) is 0 Å². The Morgan fingerprint density at radius 3 is 2.34 bits per heavy atom. The number of likely N-dealkylation sites (tertiary alicyclic amines) is 2. The molecule has 2 saturated heterocycles. The van der Waals surface area contributed by atoms with Gasteiger partial charge in [-0.05, 0) is 31.4 Å². The molecule has 2 aromatic heterocycles. The van der Waals surface area contributed by atoms with Crippen molar-refractivity contribution < 1.29 is 9.59 Å². The highest BCUT2D eigenvalue weighted by Gasteiger charge is 2.62.